The highest BCUT2D eigenvalue weighted by Gasteiger charge is 2.19. The normalized spacial score (nSPS) is 14.6. The number of carbonyl (C=O) groups excluding carboxylic acids is 1. The van der Waals surface area contributed by atoms with Gasteiger partial charge in [0.25, 0.3) is 0 Å². The minimum Gasteiger partial charge on any atom is -0.486 e. The van der Waals surface area contributed by atoms with Crippen LogP contribution >= 0.6 is 0 Å². The lowest BCUT2D eigenvalue weighted by Crippen LogP contribution is -2.20. The average molecular weight is 422 g/mol. The molecule has 0 aromatic heterocycles. The van der Waals surface area contributed by atoms with Crippen LogP contribution in [0.5, 0.6) is 11.5 Å². The number of hydrogen-bond acceptors (Lipinski definition) is 4. The molecule has 1 aliphatic heterocycles. The molecule has 0 fully saturated rings. The van der Waals surface area contributed by atoms with Gasteiger partial charge in [-0.25, -0.2) is 0 Å². The van der Waals surface area contributed by atoms with Crippen LogP contribution < -0.4 is 14.8 Å². The molecule has 30 heavy (non-hydrogen) atoms. The summed E-state index contributed by atoms with van der Waals surface area (Å²) in [7, 11) is -1.13. The van der Waals surface area contributed by atoms with E-state index in [1.807, 2.05) is 79.7 Å². The number of nitrogens with one attached hydrogen (secondary N) is 1. The van der Waals surface area contributed by atoms with Crippen LogP contribution in [0.15, 0.2) is 77.7 Å². The molecule has 3 aromatic carbocycles. The van der Waals surface area contributed by atoms with Crippen molar-refractivity contribution in [1.82, 2.24) is 0 Å². The fourth-order valence-corrected chi connectivity index (χ4v) is 4.39. The van der Waals surface area contributed by atoms with E-state index in [-0.39, 0.29) is 11.8 Å². The second kappa shape index (κ2) is 9.13. The number of ether oxygens (including phenoxy) is 2. The van der Waals surface area contributed by atoms with Gasteiger partial charge in [-0.3, -0.25) is 9.00 Å². The lowest BCUT2D eigenvalue weighted by molar-refractivity contribution is -0.117. The zero-order chi connectivity index (χ0) is 20.9. The van der Waals surface area contributed by atoms with Crippen molar-refractivity contribution in [3.05, 3.63) is 83.9 Å². The summed E-state index contributed by atoms with van der Waals surface area (Å²) in [5.74, 6) is 1.29. The van der Waals surface area contributed by atoms with Gasteiger partial charge in [-0.15, -0.1) is 0 Å². The van der Waals surface area contributed by atoms with E-state index in [0.29, 0.717) is 36.2 Å². The molecule has 3 aromatic rings. The summed E-state index contributed by atoms with van der Waals surface area (Å²) >= 11 is 0. The second-order valence-corrected chi connectivity index (χ2v) is 8.57. The van der Waals surface area contributed by atoms with Gasteiger partial charge in [-0.05, 0) is 54.4 Å². The minimum absolute atomic E-state index is 0.118. The monoisotopic (exact) mass is 421 g/mol. The van der Waals surface area contributed by atoms with Crippen molar-refractivity contribution in [1.29, 1.82) is 0 Å². The summed E-state index contributed by atoms with van der Waals surface area (Å²) in [4.78, 5) is 13.6. The Bertz CT molecular complexity index is 1070. The average Bonchev–Trinajstić information content (AvgIpc) is 2.79. The van der Waals surface area contributed by atoms with Gasteiger partial charge in [-0.1, -0.05) is 36.4 Å². The molecule has 1 heterocycles. The lowest BCUT2D eigenvalue weighted by Gasteiger charge is -2.20. The van der Waals surface area contributed by atoms with Gasteiger partial charge >= 0.3 is 0 Å². The van der Waals surface area contributed by atoms with E-state index in [0.717, 1.165) is 16.0 Å². The van der Waals surface area contributed by atoms with Crippen LogP contribution in [0.2, 0.25) is 0 Å². The number of carbonyl (C=O) groups is 1. The Labute approximate surface area is 178 Å². The van der Waals surface area contributed by atoms with Gasteiger partial charge in [0.15, 0.2) is 11.5 Å². The van der Waals surface area contributed by atoms with E-state index in [2.05, 4.69) is 5.32 Å². The summed E-state index contributed by atoms with van der Waals surface area (Å²) < 4.78 is 23.7. The molecule has 0 bridgehead atoms. The Balaban J connectivity index is 1.43. The molecule has 5 nitrogen and oxygen atoms in total. The molecule has 0 aliphatic carbocycles. The zero-order valence-corrected chi connectivity index (χ0v) is 17.5. The summed E-state index contributed by atoms with van der Waals surface area (Å²) in [6.07, 6.45) is 0. The molecule has 1 amide bonds. The fourth-order valence-electron chi connectivity index (χ4n) is 3.28. The maximum atomic E-state index is 12.8. The summed E-state index contributed by atoms with van der Waals surface area (Å²) in [5, 5.41) is 2.96. The van der Waals surface area contributed by atoms with Gasteiger partial charge < -0.3 is 14.8 Å². The van der Waals surface area contributed by atoms with Crippen LogP contribution in [0.4, 0.5) is 5.69 Å². The molecule has 0 spiro atoms. The van der Waals surface area contributed by atoms with Crippen molar-refractivity contribution < 1.29 is 18.5 Å². The first-order chi connectivity index (χ1) is 14.6. The van der Waals surface area contributed by atoms with Crippen molar-refractivity contribution in [3.63, 3.8) is 0 Å². The van der Waals surface area contributed by atoms with E-state index in [9.17, 15) is 9.00 Å². The molecule has 2 atom stereocenters. The summed E-state index contributed by atoms with van der Waals surface area (Å²) in [5.41, 5.74) is 2.45. The first kappa shape index (κ1) is 20.2. The Morgan fingerprint density at radius 3 is 2.53 bits per heavy atom. The third kappa shape index (κ3) is 4.71. The van der Waals surface area contributed by atoms with Crippen molar-refractivity contribution in [2.75, 3.05) is 18.5 Å². The topological polar surface area (TPSA) is 64.6 Å². The third-order valence-corrected chi connectivity index (χ3v) is 6.35. The van der Waals surface area contributed by atoms with Crippen LogP contribution in [-0.4, -0.2) is 23.3 Å². The number of anilines is 1. The van der Waals surface area contributed by atoms with Crippen molar-refractivity contribution in [2.24, 2.45) is 0 Å². The largest absolute Gasteiger partial charge is 0.486 e. The Kier molecular flexibility index (Phi) is 6.14. The molecular weight excluding hydrogens is 398 g/mol. The number of fused-ring (bicyclic) bond motifs is 1. The molecule has 4 rings (SSSR count). The number of benzene rings is 3. The highest BCUT2D eigenvalue weighted by molar-refractivity contribution is 7.84. The van der Waals surface area contributed by atoms with Gasteiger partial charge in [0.1, 0.15) is 13.2 Å². The first-order valence-corrected chi connectivity index (χ1v) is 11.1. The fraction of sp³-hybridized carbons (Fsp3) is 0.208. The molecule has 154 valence electrons. The van der Waals surface area contributed by atoms with Crippen LogP contribution in [0.1, 0.15) is 24.0 Å². The van der Waals surface area contributed by atoms with Gasteiger partial charge in [0.05, 0.1) is 22.5 Å². The minimum atomic E-state index is -1.13. The molecule has 0 saturated heterocycles. The van der Waals surface area contributed by atoms with Crippen LogP contribution in [0, 0.1) is 0 Å². The van der Waals surface area contributed by atoms with E-state index in [1.165, 1.54) is 0 Å². The predicted octanol–water partition coefficient (Wildman–Crippen LogP) is 4.51. The van der Waals surface area contributed by atoms with Crippen molar-refractivity contribution in [3.8, 4) is 11.5 Å². The molecule has 0 saturated carbocycles. The lowest BCUT2D eigenvalue weighted by atomic mass is 9.99. The van der Waals surface area contributed by atoms with Crippen LogP contribution in [-0.2, 0) is 21.3 Å². The smallest absolute Gasteiger partial charge is 0.231 e. The summed E-state index contributed by atoms with van der Waals surface area (Å²) in [6.45, 7) is 2.90. The SMILES string of the molecule is CC(C(=O)Nc1cccc(CS(=O)c2ccccc2)c1)c1ccc2c(c1)OCCO2. The second-order valence-electron chi connectivity index (χ2n) is 7.12. The van der Waals surface area contributed by atoms with E-state index < -0.39 is 10.8 Å². The highest BCUT2D eigenvalue weighted by Crippen LogP contribution is 2.33. The Morgan fingerprint density at radius 1 is 0.967 bits per heavy atom. The van der Waals surface area contributed by atoms with E-state index in [4.69, 9.17) is 9.47 Å². The van der Waals surface area contributed by atoms with Gasteiger partial charge in [-0.2, -0.15) is 0 Å². The maximum absolute atomic E-state index is 12.8. The zero-order valence-electron chi connectivity index (χ0n) is 16.7. The molecule has 2 unspecified atom stereocenters. The van der Waals surface area contributed by atoms with Crippen LogP contribution in [0.25, 0.3) is 0 Å². The maximum Gasteiger partial charge on any atom is 0.231 e. The third-order valence-electron chi connectivity index (χ3n) is 4.96. The Hall–Kier alpha value is -3.12. The molecule has 0 radical (unpaired) electrons. The molecule has 1 N–H and O–H groups in total. The van der Waals surface area contributed by atoms with Crippen molar-refractivity contribution >= 4 is 22.4 Å². The van der Waals surface area contributed by atoms with E-state index >= 15 is 0 Å². The molecule has 6 heteroatoms. The van der Waals surface area contributed by atoms with Gasteiger partial charge in [0.2, 0.25) is 5.91 Å². The van der Waals surface area contributed by atoms with Gasteiger partial charge in [0, 0.05) is 10.6 Å². The standard InChI is InChI=1S/C24H23NO4S/c1-17(19-10-11-22-23(15-19)29-13-12-28-22)24(26)25-20-7-5-6-18(14-20)16-30(27)21-8-3-2-4-9-21/h2-11,14-15,17H,12-13,16H2,1H3,(H,25,26). The summed E-state index contributed by atoms with van der Waals surface area (Å²) in [6, 6.07) is 22.4. The predicted molar refractivity (Wildman–Crippen MR) is 117 cm³/mol. The Morgan fingerprint density at radius 2 is 1.73 bits per heavy atom. The highest BCUT2D eigenvalue weighted by atomic mass is 32.2. The molecular formula is C24H23NO4S. The number of rotatable bonds is 6. The number of amides is 1. The molecule has 1 aliphatic rings. The first-order valence-electron chi connectivity index (χ1n) is 9.83. The quantitative estimate of drug-likeness (QED) is 0.636. The van der Waals surface area contributed by atoms with E-state index in [1.54, 1.807) is 0 Å². The van der Waals surface area contributed by atoms with Crippen LogP contribution in [0.3, 0.4) is 0 Å². The van der Waals surface area contributed by atoms with Crippen molar-refractivity contribution in [2.45, 2.75) is 23.5 Å². The number of hydrogen-bond donors (Lipinski definition) is 1.